The van der Waals surface area contributed by atoms with Crippen LogP contribution >= 0.6 is 0 Å². The molecule has 25 heavy (non-hydrogen) atoms. The van der Waals surface area contributed by atoms with Gasteiger partial charge in [-0.3, -0.25) is 4.90 Å². The molecular weight excluding hydrogens is 320 g/mol. The number of guanidine groups is 1. The van der Waals surface area contributed by atoms with E-state index in [4.69, 9.17) is 19.9 Å². The fourth-order valence-corrected chi connectivity index (χ4v) is 2.57. The Hall–Kier alpha value is -1.99. The minimum atomic E-state index is -0.0687. The van der Waals surface area contributed by atoms with Gasteiger partial charge in [-0.15, -0.1) is 0 Å². The Balaban J connectivity index is 1.62. The Labute approximate surface area is 150 Å². The Bertz CT molecular complexity index is 533. The van der Waals surface area contributed by atoms with Crippen LogP contribution in [0.15, 0.2) is 29.3 Å². The quantitative estimate of drug-likeness (QED) is 0.394. The van der Waals surface area contributed by atoms with Crippen LogP contribution in [0.5, 0.6) is 11.5 Å². The van der Waals surface area contributed by atoms with Crippen molar-refractivity contribution in [2.75, 3.05) is 53.0 Å². The van der Waals surface area contributed by atoms with Gasteiger partial charge in [0.1, 0.15) is 17.6 Å². The molecule has 2 rings (SSSR count). The lowest BCUT2D eigenvalue weighted by atomic mass is 10.3. The highest BCUT2D eigenvalue weighted by molar-refractivity contribution is 5.77. The molecule has 3 N–H and O–H groups in total. The molecule has 1 aromatic rings. The van der Waals surface area contributed by atoms with Crippen LogP contribution in [-0.2, 0) is 4.74 Å². The molecule has 140 valence electrons. The van der Waals surface area contributed by atoms with E-state index in [1.807, 2.05) is 31.2 Å². The van der Waals surface area contributed by atoms with Gasteiger partial charge in [0.05, 0.1) is 26.9 Å². The number of nitrogens with one attached hydrogen (secondary N) is 1. The average molecular weight is 350 g/mol. The van der Waals surface area contributed by atoms with E-state index in [1.165, 1.54) is 0 Å². The number of benzene rings is 1. The van der Waals surface area contributed by atoms with Crippen LogP contribution in [0, 0.1) is 0 Å². The molecule has 0 spiro atoms. The Morgan fingerprint density at radius 2 is 2.12 bits per heavy atom. The van der Waals surface area contributed by atoms with Gasteiger partial charge >= 0.3 is 0 Å². The average Bonchev–Trinajstić information content (AvgIpc) is 2.64. The highest BCUT2D eigenvalue weighted by Gasteiger charge is 2.09. The Kier molecular flexibility index (Phi) is 8.34. The van der Waals surface area contributed by atoms with E-state index >= 15 is 0 Å². The zero-order valence-corrected chi connectivity index (χ0v) is 15.2. The third-order valence-corrected chi connectivity index (χ3v) is 3.96. The van der Waals surface area contributed by atoms with Crippen molar-refractivity contribution >= 4 is 5.96 Å². The molecule has 7 heteroatoms. The molecule has 1 aliphatic rings. The molecule has 0 bridgehead atoms. The summed E-state index contributed by atoms with van der Waals surface area (Å²) in [5, 5.41) is 3.15. The lowest BCUT2D eigenvalue weighted by Crippen LogP contribution is -2.39. The first-order valence-corrected chi connectivity index (χ1v) is 8.82. The van der Waals surface area contributed by atoms with Gasteiger partial charge in [-0.2, -0.15) is 0 Å². The van der Waals surface area contributed by atoms with Crippen LogP contribution in [0.4, 0.5) is 0 Å². The van der Waals surface area contributed by atoms with Gasteiger partial charge < -0.3 is 25.3 Å². The summed E-state index contributed by atoms with van der Waals surface area (Å²) in [4.78, 5) is 6.75. The van der Waals surface area contributed by atoms with E-state index in [1.54, 1.807) is 7.11 Å². The molecule has 0 saturated carbocycles. The number of hydrogen-bond acceptors (Lipinski definition) is 5. The summed E-state index contributed by atoms with van der Waals surface area (Å²) < 4.78 is 16.3. The number of hydrogen-bond donors (Lipinski definition) is 2. The van der Waals surface area contributed by atoms with E-state index in [0.717, 1.165) is 57.3 Å². The number of ether oxygens (including phenoxy) is 3. The first kappa shape index (κ1) is 19.3. The number of nitrogens with zero attached hydrogens (tertiary/aromatic N) is 2. The molecule has 0 amide bonds. The molecule has 7 nitrogen and oxygen atoms in total. The molecule has 1 atom stereocenters. The van der Waals surface area contributed by atoms with Crippen molar-refractivity contribution < 1.29 is 14.2 Å². The first-order valence-electron chi connectivity index (χ1n) is 8.82. The first-order chi connectivity index (χ1) is 12.2. The maximum absolute atomic E-state index is 5.91. The third-order valence-electron chi connectivity index (χ3n) is 3.96. The maximum atomic E-state index is 5.91. The fraction of sp³-hybridized carbons (Fsp3) is 0.611. The molecule has 1 saturated heterocycles. The standard InChI is InChI=1S/C18H30N4O3/c1-15(25-17-6-3-5-16(13-17)23-2)14-21-18(19)20-7-4-8-22-9-11-24-12-10-22/h3,5-6,13,15H,4,7-12,14H2,1-2H3,(H3,19,20,21). The summed E-state index contributed by atoms with van der Waals surface area (Å²) in [6, 6.07) is 7.53. The van der Waals surface area contributed by atoms with Crippen LogP contribution in [0.2, 0.25) is 0 Å². The second-order valence-electron chi connectivity index (χ2n) is 6.07. The van der Waals surface area contributed by atoms with Gasteiger partial charge in [-0.1, -0.05) is 6.07 Å². The molecule has 1 heterocycles. The van der Waals surface area contributed by atoms with Gasteiger partial charge in [0.25, 0.3) is 0 Å². The fourth-order valence-electron chi connectivity index (χ4n) is 2.57. The van der Waals surface area contributed by atoms with Crippen LogP contribution in [-0.4, -0.2) is 70.0 Å². The molecule has 0 radical (unpaired) electrons. The maximum Gasteiger partial charge on any atom is 0.188 e. The molecule has 0 aromatic heterocycles. The minimum Gasteiger partial charge on any atom is -0.497 e. The monoisotopic (exact) mass is 350 g/mol. The van der Waals surface area contributed by atoms with Crippen LogP contribution in [0.25, 0.3) is 0 Å². The topological polar surface area (TPSA) is 81.3 Å². The number of nitrogens with two attached hydrogens (primary N) is 1. The van der Waals surface area contributed by atoms with E-state index in [2.05, 4.69) is 15.2 Å². The summed E-state index contributed by atoms with van der Waals surface area (Å²) in [5.41, 5.74) is 5.91. The van der Waals surface area contributed by atoms with Crippen molar-refractivity contribution in [2.24, 2.45) is 10.7 Å². The Morgan fingerprint density at radius 3 is 2.88 bits per heavy atom. The van der Waals surface area contributed by atoms with Crippen molar-refractivity contribution in [1.82, 2.24) is 10.2 Å². The van der Waals surface area contributed by atoms with Gasteiger partial charge in [-0.25, -0.2) is 4.99 Å². The third kappa shape index (κ3) is 7.62. The Morgan fingerprint density at radius 1 is 1.36 bits per heavy atom. The predicted octanol–water partition coefficient (Wildman–Crippen LogP) is 1.09. The smallest absolute Gasteiger partial charge is 0.188 e. The lowest BCUT2D eigenvalue weighted by Gasteiger charge is -2.26. The van der Waals surface area contributed by atoms with Crippen molar-refractivity contribution in [1.29, 1.82) is 0 Å². The van der Waals surface area contributed by atoms with E-state index < -0.39 is 0 Å². The van der Waals surface area contributed by atoms with Crippen molar-refractivity contribution in [3.63, 3.8) is 0 Å². The second kappa shape index (κ2) is 10.8. The SMILES string of the molecule is COc1cccc(OC(C)CN=C(N)NCCCN2CCOCC2)c1. The largest absolute Gasteiger partial charge is 0.497 e. The highest BCUT2D eigenvalue weighted by atomic mass is 16.5. The van der Waals surface area contributed by atoms with Gasteiger partial charge in [0, 0.05) is 25.7 Å². The minimum absolute atomic E-state index is 0.0687. The highest BCUT2D eigenvalue weighted by Crippen LogP contribution is 2.19. The molecular formula is C18H30N4O3. The number of methoxy groups -OCH3 is 1. The zero-order chi connectivity index (χ0) is 17.9. The van der Waals surface area contributed by atoms with Crippen molar-refractivity contribution in [2.45, 2.75) is 19.4 Å². The summed E-state index contributed by atoms with van der Waals surface area (Å²) in [5.74, 6) is 2.00. The van der Waals surface area contributed by atoms with Crippen LogP contribution < -0.4 is 20.5 Å². The van der Waals surface area contributed by atoms with E-state index in [0.29, 0.717) is 12.5 Å². The van der Waals surface area contributed by atoms with E-state index in [-0.39, 0.29) is 6.10 Å². The number of morpholine rings is 1. The summed E-state index contributed by atoms with van der Waals surface area (Å²) in [6.07, 6.45) is 0.965. The number of aliphatic imine (C=N–C) groups is 1. The van der Waals surface area contributed by atoms with Gasteiger partial charge in [0.15, 0.2) is 5.96 Å². The number of rotatable bonds is 9. The second-order valence-corrected chi connectivity index (χ2v) is 6.07. The zero-order valence-electron chi connectivity index (χ0n) is 15.2. The molecule has 1 aliphatic heterocycles. The molecule has 0 aliphatic carbocycles. The van der Waals surface area contributed by atoms with E-state index in [9.17, 15) is 0 Å². The predicted molar refractivity (Wildman–Crippen MR) is 99.5 cm³/mol. The van der Waals surface area contributed by atoms with Gasteiger partial charge in [-0.05, 0) is 32.0 Å². The summed E-state index contributed by atoms with van der Waals surface area (Å²) in [7, 11) is 1.64. The lowest BCUT2D eigenvalue weighted by molar-refractivity contribution is 0.0376. The van der Waals surface area contributed by atoms with Crippen LogP contribution in [0.3, 0.4) is 0 Å². The molecule has 1 unspecified atom stereocenters. The van der Waals surface area contributed by atoms with Crippen molar-refractivity contribution in [3.8, 4) is 11.5 Å². The summed E-state index contributed by atoms with van der Waals surface area (Å²) >= 11 is 0. The molecule has 1 fully saturated rings. The van der Waals surface area contributed by atoms with Gasteiger partial charge in [0.2, 0.25) is 0 Å². The van der Waals surface area contributed by atoms with Crippen molar-refractivity contribution in [3.05, 3.63) is 24.3 Å². The molecule has 1 aromatic carbocycles. The van der Waals surface area contributed by atoms with Crippen LogP contribution in [0.1, 0.15) is 13.3 Å². The summed E-state index contributed by atoms with van der Waals surface area (Å²) in [6.45, 7) is 8.04. The normalized spacial score (nSPS) is 17.1.